The topological polar surface area (TPSA) is 75.7 Å². The number of hydrogen-bond donors (Lipinski definition) is 1. The van der Waals surface area contributed by atoms with Crippen LogP contribution in [0.4, 0.5) is 5.69 Å². The van der Waals surface area contributed by atoms with Crippen LogP contribution in [-0.4, -0.2) is 34.0 Å². The maximum Gasteiger partial charge on any atom is 0.240 e. The summed E-state index contributed by atoms with van der Waals surface area (Å²) in [4.78, 5) is 13.9. The van der Waals surface area contributed by atoms with Crippen molar-refractivity contribution in [3.05, 3.63) is 66.2 Å². The number of nitrogens with zero attached hydrogens (tertiary/aromatic N) is 1. The van der Waals surface area contributed by atoms with E-state index < -0.39 is 10.0 Å². The highest BCUT2D eigenvalue weighted by molar-refractivity contribution is 7.89. The summed E-state index contributed by atoms with van der Waals surface area (Å²) in [6.45, 7) is 2.80. The number of rotatable bonds is 7. The maximum atomic E-state index is 12.6. The first-order valence-electron chi connectivity index (χ1n) is 10.0. The Morgan fingerprint density at radius 2 is 1.87 bits per heavy atom. The minimum Gasteiger partial charge on any atom is -0.492 e. The predicted octanol–water partition coefficient (Wildman–Crippen LogP) is 3.50. The predicted molar refractivity (Wildman–Crippen MR) is 117 cm³/mol. The third-order valence-electron chi connectivity index (χ3n) is 5.24. The van der Waals surface area contributed by atoms with E-state index in [0.717, 1.165) is 22.0 Å². The molecule has 0 bridgehead atoms. The molecule has 1 N–H and O–H groups in total. The van der Waals surface area contributed by atoms with Gasteiger partial charge in [-0.2, -0.15) is 0 Å². The smallest absolute Gasteiger partial charge is 0.240 e. The van der Waals surface area contributed by atoms with Crippen molar-refractivity contribution in [3.63, 3.8) is 0 Å². The van der Waals surface area contributed by atoms with Gasteiger partial charge in [0.25, 0.3) is 0 Å². The van der Waals surface area contributed by atoms with Gasteiger partial charge in [0.1, 0.15) is 12.4 Å². The zero-order valence-corrected chi connectivity index (χ0v) is 17.6. The van der Waals surface area contributed by atoms with Gasteiger partial charge in [0, 0.05) is 25.2 Å². The molecular weight excluding hydrogens is 400 g/mol. The van der Waals surface area contributed by atoms with E-state index in [1.54, 1.807) is 23.1 Å². The first kappa shape index (κ1) is 20.4. The van der Waals surface area contributed by atoms with Gasteiger partial charge in [0.2, 0.25) is 15.9 Å². The molecule has 1 amide bonds. The number of fused-ring (bicyclic) bond motifs is 2. The van der Waals surface area contributed by atoms with Crippen LogP contribution in [0.15, 0.2) is 65.6 Å². The van der Waals surface area contributed by atoms with Crippen LogP contribution in [0.1, 0.15) is 18.9 Å². The van der Waals surface area contributed by atoms with Crippen molar-refractivity contribution >= 4 is 32.4 Å². The van der Waals surface area contributed by atoms with Gasteiger partial charge in [-0.3, -0.25) is 4.79 Å². The fourth-order valence-corrected chi connectivity index (χ4v) is 4.74. The van der Waals surface area contributed by atoms with Crippen molar-refractivity contribution in [2.24, 2.45) is 0 Å². The Kier molecular flexibility index (Phi) is 5.74. The third kappa shape index (κ3) is 4.17. The van der Waals surface area contributed by atoms with Crippen LogP contribution in [0.5, 0.6) is 5.75 Å². The van der Waals surface area contributed by atoms with Crippen LogP contribution < -0.4 is 14.4 Å². The normalized spacial score (nSPS) is 13.4. The molecule has 0 aliphatic carbocycles. The lowest BCUT2D eigenvalue weighted by Crippen LogP contribution is -2.29. The molecule has 0 saturated heterocycles. The Hall–Kier alpha value is -2.90. The van der Waals surface area contributed by atoms with Gasteiger partial charge in [-0.25, -0.2) is 13.1 Å². The number of carbonyl (C=O) groups excluding carboxylic acids is 1. The van der Waals surface area contributed by atoms with Gasteiger partial charge in [0.15, 0.2) is 0 Å². The second kappa shape index (κ2) is 8.45. The monoisotopic (exact) mass is 424 g/mol. The van der Waals surface area contributed by atoms with Crippen molar-refractivity contribution in [1.82, 2.24) is 4.72 Å². The number of ether oxygens (including phenoxy) is 1. The fourth-order valence-electron chi connectivity index (χ4n) is 3.68. The molecule has 0 unspecified atom stereocenters. The van der Waals surface area contributed by atoms with Crippen molar-refractivity contribution in [3.8, 4) is 5.75 Å². The van der Waals surface area contributed by atoms with Crippen molar-refractivity contribution < 1.29 is 17.9 Å². The highest BCUT2D eigenvalue weighted by Crippen LogP contribution is 2.30. The van der Waals surface area contributed by atoms with E-state index in [2.05, 4.69) is 4.72 Å². The molecule has 0 saturated carbocycles. The summed E-state index contributed by atoms with van der Waals surface area (Å²) < 4.78 is 33.6. The average molecular weight is 425 g/mol. The Morgan fingerprint density at radius 1 is 1.07 bits per heavy atom. The lowest BCUT2D eigenvalue weighted by Gasteiger charge is -2.16. The van der Waals surface area contributed by atoms with Crippen LogP contribution in [0.3, 0.4) is 0 Å². The molecular formula is C23H24N2O4S. The molecule has 1 aliphatic heterocycles. The zero-order chi connectivity index (χ0) is 21.1. The standard InChI is InChI=1S/C23H24N2O4S/c1-2-23(26)25-13-11-19-16-21(9-10-22(19)25)30(27,28)24-12-14-29-20-8-7-17-5-3-4-6-18(17)15-20/h3-10,15-16,24H,2,11-14H2,1H3. The summed E-state index contributed by atoms with van der Waals surface area (Å²) in [7, 11) is -3.65. The molecule has 4 rings (SSSR count). The van der Waals surface area contributed by atoms with E-state index in [1.807, 2.05) is 49.4 Å². The highest BCUT2D eigenvalue weighted by Gasteiger charge is 2.25. The molecule has 0 atom stereocenters. The molecule has 30 heavy (non-hydrogen) atoms. The van der Waals surface area contributed by atoms with Gasteiger partial charge in [-0.1, -0.05) is 37.3 Å². The molecule has 3 aromatic carbocycles. The summed E-state index contributed by atoms with van der Waals surface area (Å²) in [6.07, 6.45) is 1.09. The Morgan fingerprint density at radius 3 is 2.67 bits per heavy atom. The van der Waals surface area contributed by atoms with Crippen molar-refractivity contribution in [1.29, 1.82) is 0 Å². The number of benzene rings is 3. The molecule has 6 nitrogen and oxygen atoms in total. The molecule has 156 valence electrons. The van der Waals surface area contributed by atoms with Crippen LogP contribution in [0.2, 0.25) is 0 Å². The zero-order valence-electron chi connectivity index (χ0n) is 16.8. The molecule has 7 heteroatoms. The second-order valence-electron chi connectivity index (χ2n) is 7.19. The average Bonchev–Trinajstić information content (AvgIpc) is 3.19. The highest BCUT2D eigenvalue weighted by atomic mass is 32.2. The summed E-state index contributed by atoms with van der Waals surface area (Å²) in [5, 5.41) is 2.20. The Bertz CT molecular complexity index is 1190. The number of amides is 1. The van der Waals surface area contributed by atoms with Gasteiger partial charge in [-0.15, -0.1) is 0 Å². The minimum absolute atomic E-state index is 0.0494. The molecule has 3 aromatic rings. The van der Waals surface area contributed by atoms with E-state index in [0.29, 0.717) is 25.1 Å². The summed E-state index contributed by atoms with van der Waals surface area (Å²) in [5.41, 5.74) is 1.69. The van der Waals surface area contributed by atoms with Gasteiger partial charge >= 0.3 is 0 Å². The van der Waals surface area contributed by atoms with Crippen molar-refractivity contribution in [2.75, 3.05) is 24.6 Å². The van der Waals surface area contributed by atoms with Crippen LogP contribution in [-0.2, 0) is 21.2 Å². The van der Waals surface area contributed by atoms with E-state index in [-0.39, 0.29) is 24.0 Å². The Labute approximate surface area is 176 Å². The number of sulfonamides is 1. The Balaban J connectivity index is 1.37. The van der Waals surface area contributed by atoms with E-state index in [4.69, 9.17) is 4.74 Å². The lowest BCUT2D eigenvalue weighted by molar-refractivity contribution is -0.118. The number of hydrogen-bond acceptors (Lipinski definition) is 4. The summed E-state index contributed by atoms with van der Waals surface area (Å²) in [6, 6.07) is 18.7. The van der Waals surface area contributed by atoms with Crippen LogP contribution in [0, 0.1) is 0 Å². The second-order valence-corrected chi connectivity index (χ2v) is 8.96. The molecule has 0 radical (unpaired) electrons. The van der Waals surface area contributed by atoms with E-state index in [1.165, 1.54) is 0 Å². The first-order valence-corrected chi connectivity index (χ1v) is 11.5. The first-order chi connectivity index (χ1) is 14.5. The molecule has 0 aromatic heterocycles. The number of anilines is 1. The van der Waals surface area contributed by atoms with Crippen molar-refractivity contribution in [2.45, 2.75) is 24.7 Å². The largest absolute Gasteiger partial charge is 0.492 e. The molecule has 0 spiro atoms. The van der Waals surface area contributed by atoms with Crippen LogP contribution in [0.25, 0.3) is 10.8 Å². The quantitative estimate of drug-likeness (QED) is 0.589. The van der Waals surface area contributed by atoms with Gasteiger partial charge in [0.05, 0.1) is 4.90 Å². The van der Waals surface area contributed by atoms with E-state index in [9.17, 15) is 13.2 Å². The van der Waals surface area contributed by atoms with Crippen LogP contribution >= 0.6 is 0 Å². The van der Waals surface area contributed by atoms with Gasteiger partial charge in [-0.05, 0) is 53.1 Å². The lowest BCUT2D eigenvalue weighted by atomic mass is 10.1. The summed E-state index contributed by atoms with van der Waals surface area (Å²) in [5.74, 6) is 0.749. The molecule has 1 heterocycles. The number of carbonyl (C=O) groups is 1. The summed E-state index contributed by atoms with van der Waals surface area (Å²) >= 11 is 0. The molecule has 0 fully saturated rings. The SMILES string of the molecule is CCC(=O)N1CCc2cc(S(=O)(=O)NCCOc3ccc4ccccc4c3)ccc21. The number of nitrogens with one attached hydrogen (secondary N) is 1. The molecule has 1 aliphatic rings. The maximum absolute atomic E-state index is 12.6. The van der Waals surface area contributed by atoms with E-state index >= 15 is 0 Å². The minimum atomic E-state index is -3.65. The third-order valence-corrected chi connectivity index (χ3v) is 6.70. The fraction of sp³-hybridized carbons (Fsp3) is 0.261. The van der Waals surface area contributed by atoms with Gasteiger partial charge < -0.3 is 9.64 Å².